The molecule has 10 heteroatoms. The Labute approximate surface area is 153 Å². The molecule has 10 nitrogen and oxygen atoms in total. The molecule has 1 atom stereocenters. The summed E-state index contributed by atoms with van der Waals surface area (Å²) in [6.07, 6.45) is 1.79. The fraction of sp³-hybridized carbons (Fsp3) is 0.294. The smallest absolute Gasteiger partial charge is 0.332 e. The van der Waals surface area contributed by atoms with Crippen LogP contribution in [0.1, 0.15) is 5.56 Å². The Hall–Kier alpha value is -3.40. The van der Waals surface area contributed by atoms with Gasteiger partial charge in [-0.25, -0.2) is 9.78 Å². The summed E-state index contributed by atoms with van der Waals surface area (Å²) in [5.74, 6) is -0.860. The summed E-state index contributed by atoms with van der Waals surface area (Å²) in [5.41, 5.74) is 6.30. The zero-order valence-electron chi connectivity index (χ0n) is 15.2. The lowest BCUT2D eigenvalue weighted by Gasteiger charge is -2.05. The van der Waals surface area contributed by atoms with Crippen molar-refractivity contribution in [2.45, 2.75) is 12.5 Å². The zero-order chi connectivity index (χ0) is 20.3. The first-order valence-electron chi connectivity index (χ1n) is 7.96. The first-order valence-corrected chi connectivity index (χ1v) is 7.96. The van der Waals surface area contributed by atoms with Gasteiger partial charge in [-0.15, -0.1) is 0 Å². The van der Waals surface area contributed by atoms with E-state index >= 15 is 0 Å². The van der Waals surface area contributed by atoms with Crippen LogP contribution in [0.2, 0.25) is 0 Å². The molecule has 2 aromatic heterocycles. The Morgan fingerprint density at radius 1 is 1.15 bits per heavy atom. The third-order valence-electron chi connectivity index (χ3n) is 4.03. The number of aromatic hydroxyl groups is 1. The number of benzene rings is 1. The lowest BCUT2D eigenvalue weighted by molar-refractivity contribution is -0.138. The Balaban J connectivity index is 0.000000194. The third-order valence-corrected chi connectivity index (χ3v) is 4.03. The molecular formula is C17H21N5O5. The fourth-order valence-electron chi connectivity index (χ4n) is 2.44. The lowest BCUT2D eigenvalue weighted by Crippen LogP contribution is -2.37. The molecule has 0 spiro atoms. The molecule has 0 saturated carbocycles. The van der Waals surface area contributed by atoms with Crippen molar-refractivity contribution in [2.75, 3.05) is 0 Å². The molecule has 2 heterocycles. The van der Waals surface area contributed by atoms with Gasteiger partial charge in [0.1, 0.15) is 11.8 Å². The Morgan fingerprint density at radius 3 is 2.30 bits per heavy atom. The van der Waals surface area contributed by atoms with E-state index < -0.39 is 12.0 Å². The van der Waals surface area contributed by atoms with E-state index in [4.69, 9.17) is 15.9 Å². The molecule has 3 aromatic rings. The van der Waals surface area contributed by atoms with Gasteiger partial charge in [0.25, 0.3) is 5.56 Å². The summed E-state index contributed by atoms with van der Waals surface area (Å²) in [4.78, 5) is 37.6. The second kappa shape index (κ2) is 7.87. The molecule has 3 rings (SSSR count). The Kier molecular flexibility index (Phi) is 5.81. The van der Waals surface area contributed by atoms with Crippen LogP contribution in [0, 0.1) is 0 Å². The molecule has 27 heavy (non-hydrogen) atoms. The van der Waals surface area contributed by atoms with Crippen LogP contribution in [0.25, 0.3) is 11.2 Å². The number of imidazole rings is 1. The second-order valence-corrected chi connectivity index (χ2v) is 6.05. The molecule has 0 radical (unpaired) electrons. The second-order valence-electron chi connectivity index (χ2n) is 6.05. The van der Waals surface area contributed by atoms with E-state index in [9.17, 15) is 14.4 Å². The van der Waals surface area contributed by atoms with Crippen molar-refractivity contribution in [2.24, 2.45) is 26.9 Å². The number of rotatable bonds is 3. The minimum Gasteiger partial charge on any atom is -0.508 e. The van der Waals surface area contributed by atoms with Crippen LogP contribution in [-0.2, 0) is 32.4 Å². The van der Waals surface area contributed by atoms with Crippen molar-refractivity contribution in [3.05, 3.63) is 57.0 Å². The summed E-state index contributed by atoms with van der Waals surface area (Å²) in [7, 11) is 4.77. The lowest BCUT2D eigenvalue weighted by atomic mass is 10.1. The number of nitrogens with zero attached hydrogens (tertiary/aromatic N) is 4. The topological polar surface area (TPSA) is 145 Å². The number of carboxylic acids is 1. The minimum atomic E-state index is -1.02. The van der Waals surface area contributed by atoms with E-state index in [1.165, 1.54) is 30.1 Å². The predicted molar refractivity (Wildman–Crippen MR) is 98.6 cm³/mol. The van der Waals surface area contributed by atoms with Crippen LogP contribution in [0.4, 0.5) is 0 Å². The van der Waals surface area contributed by atoms with Crippen molar-refractivity contribution in [3.63, 3.8) is 0 Å². The van der Waals surface area contributed by atoms with Gasteiger partial charge in [0.05, 0.1) is 6.33 Å². The van der Waals surface area contributed by atoms with Crippen molar-refractivity contribution in [1.82, 2.24) is 18.7 Å². The van der Waals surface area contributed by atoms with E-state index in [0.717, 1.165) is 10.1 Å². The maximum atomic E-state index is 11.7. The first-order chi connectivity index (χ1) is 12.6. The number of phenolic OH excluding ortho intramolecular Hbond substituents is 1. The van der Waals surface area contributed by atoms with E-state index in [2.05, 4.69) is 4.98 Å². The average molecular weight is 375 g/mol. The number of hydrogen-bond acceptors (Lipinski definition) is 6. The maximum Gasteiger partial charge on any atom is 0.332 e. The van der Waals surface area contributed by atoms with Crippen LogP contribution in [0.15, 0.2) is 40.2 Å². The number of nitrogens with two attached hydrogens (primary N) is 1. The number of hydrogen-bond donors (Lipinski definition) is 3. The summed E-state index contributed by atoms with van der Waals surface area (Å²) in [6.45, 7) is 0. The van der Waals surface area contributed by atoms with Crippen molar-refractivity contribution < 1.29 is 15.0 Å². The van der Waals surface area contributed by atoms with Gasteiger partial charge < -0.3 is 20.5 Å². The van der Waals surface area contributed by atoms with Gasteiger partial charge in [0, 0.05) is 21.1 Å². The summed E-state index contributed by atoms with van der Waals surface area (Å²) >= 11 is 0. The number of aromatic nitrogens is 4. The molecule has 0 aliphatic carbocycles. The highest BCUT2D eigenvalue weighted by Gasteiger charge is 2.12. The maximum absolute atomic E-state index is 11.7. The van der Waals surface area contributed by atoms with E-state index in [-0.39, 0.29) is 23.4 Å². The number of aliphatic carboxylic acids is 1. The summed E-state index contributed by atoms with van der Waals surface area (Å²) in [6, 6.07) is 5.42. The highest BCUT2D eigenvalue weighted by molar-refractivity contribution is 5.73. The van der Waals surface area contributed by atoms with Crippen molar-refractivity contribution in [3.8, 4) is 5.75 Å². The van der Waals surface area contributed by atoms with Crippen LogP contribution in [-0.4, -0.2) is 40.9 Å². The standard InChI is InChI=1S/C9H11NO3.C8H10N4O2/c10-8(9(12)13)5-6-1-3-7(11)4-2-6;1-10-4-9-6-5(10)7(13)12(3)8(14)11(6)2/h1-4,8,11H,5,10H2,(H,12,13);4H,1-3H3/t8-;/m0./s1. The quantitative estimate of drug-likeness (QED) is 0.550. The summed E-state index contributed by atoms with van der Waals surface area (Å²) < 4.78 is 4.04. The predicted octanol–water partition coefficient (Wildman–Crippen LogP) is -0.683. The normalized spacial score (nSPS) is 11.7. The van der Waals surface area contributed by atoms with Gasteiger partial charge in [-0.3, -0.25) is 18.7 Å². The van der Waals surface area contributed by atoms with Gasteiger partial charge in [-0.05, 0) is 24.1 Å². The highest BCUT2D eigenvalue weighted by atomic mass is 16.4. The Morgan fingerprint density at radius 2 is 1.74 bits per heavy atom. The highest BCUT2D eigenvalue weighted by Crippen LogP contribution is 2.10. The first kappa shape index (κ1) is 19.9. The van der Waals surface area contributed by atoms with Crippen LogP contribution in [0.5, 0.6) is 5.75 Å². The van der Waals surface area contributed by atoms with Gasteiger partial charge in [-0.2, -0.15) is 0 Å². The molecule has 0 saturated heterocycles. The van der Waals surface area contributed by atoms with Crippen LogP contribution >= 0.6 is 0 Å². The zero-order valence-corrected chi connectivity index (χ0v) is 15.2. The van der Waals surface area contributed by atoms with E-state index in [1.54, 1.807) is 30.8 Å². The molecule has 0 unspecified atom stereocenters. The summed E-state index contributed by atoms with van der Waals surface area (Å²) in [5, 5.41) is 17.5. The van der Waals surface area contributed by atoms with Crippen molar-refractivity contribution >= 4 is 17.1 Å². The molecular weight excluding hydrogens is 354 g/mol. The van der Waals surface area contributed by atoms with Gasteiger partial charge in [0.2, 0.25) is 0 Å². The molecule has 0 aliphatic heterocycles. The van der Waals surface area contributed by atoms with Crippen LogP contribution in [0.3, 0.4) is 0 Å². The van der Waals surface area contributed by atoms with E-state index in [1.807, 2.05) is 0 Å². The number of phenols is 1. The Bertz CT molecular complexity index is 1080. The molecule has 0 bridgehead atoms. The fourth-order valence-corrected chi connectivity index (χ4v) is 2.44. The molecule has 1 aromatic carbocycles. The third kappa shape index (κ3) is 4.23. The average Bonchev–Trinajstić information content (AvgIpc) is 3.02. The van der Waals surface area contributed by atoms with Gasteiger partial charge >= 0.3 is 11.7 Å². The van der Waals surface area contributed by atoms with Gasteiger partial charge in [-0.1, -0.05) is 12.1 Å². The SMILES string of the molecule is Cn1c(=O)c2c(ncn2C)n(C)c1=O.N[C@@H](Cc1ccc(O)cc1)C(=O)O. The molecule has 0 amide bonds. The molecule has 0 fully saturated rings. The molecule has 144 valence electrons. The van der Waals surface area contributed by atoms with Crippen molar-refractivity contribution in [1.29, 1.82) is 0 Å². The molecule has 0 aliphatic rings. The largest absolute Gasteiger partial charge is 0.508 e. The number of aryl methyl sites for hydroxylation is 2. The number of carbonyl (C=O) groups is 1. The van der Waals surface area contributed by atoms with E-state index in [0.29, 0.717) is 11.2 Å². The monoisotopic (exact) mass is 375 g/mol. The minimum absolute atomic E-state index is 0.160. The van der Waals surface area contributed by atoms with Gasteiger partial charge in [0.15, 0.2) is 11.2 Å². The number of fused-ring (bicyclic) bond motifs is 1. The molecule has 4 N–H and O–H groups in total. The number of carboxylic acid groups (broad SMARTS) is 1. The van der Waals surface area contributed by atoms with Crippen LogP contribution < -0.4 is 17.0 Å².